The molecule has 7 heteroatoms. The number of hydrogen-bond donors (Lipinski definition) is 1. The largest absolute Gasteiger partial charge is 0.465 e. The van der Waals surface area contributed by atoms with Crippen LogP contribution < -0.4 is 5.56 Å². The number of hydrogen-bond acceptors (Lipinski definition) is 6. The number of ether oxygens (including phenoxy) is 1. The molecule has 0 unspecified atom stereocenters. The van der Waals surface area contributed by atoms with E-state index in [-0.39, 0.29) is 11.5 Å². The van der Waals surface area contributed by atoms with E-state index in [1.54, 1.807) is 23.5 Å². The van der Waals surface area contributed by atoms with E-state index in [1.807, 2.05) is 12.1 Å². The van der Waals surface area contributed by atoms with Crippen LogP contribution in [0, 0.1) is 0 Å². The van der Waals surface area contributed by atoms with Crippen molar-refractivity contribution in [3.63, 3.8) is 0 Å². The average Bonchev–Trinajstić information content (AvgIpc) is 3.20. The maximum Gasteiger partial charge on any atom is 0.337 e. The minimum atomic E-state index is -0.346. The van der Waals surface area contributed by atoms with Crippen LogP contribution in [0.25, 0.3) is 10.2 Å². The van der Waals surface area contributed by atoms with Crippen LogP contribution in [0.1, 0.15) is 32.8 Å². The molecule has 0 saturated heterocycles. The van der Waals surface area contributed by atoms with Crippen molar-refractivity contribution < 1.29 is 9.53 Å². The van der Waals surface area contributed by atoms with E-state index in [9.17, 15) is 9.59 Å². The van der Waals surface area contributed by atoms with Gasteiger partial charge in [0.15, 0.2) is 5.16 Å². The molecule has 0 fully saturated rings. The van der Waals surface area contributed by atoms with Crippen LogP contribution in [0.15, 0.2) is 34.2 Å². The number of carbonyl (C=O) groups excluding carboxylic acids is 1. The standard InChI is InChI=1S/C18H16N2O3S2/c1-23-17(22)11-7-5-10(6-8-11)9-24-18-19-15(21)14-12-3-2-4-13(12)25-16(14)20-18/h5-8H,2-4,9H2,1H3,(H,19,20,21). The summed E-state index contributed by atoms with van der Waals surface area (Å²) < 4.78 is 4.69. The van der Waals surface area contributed by atoms with Gasteiger partial charge >= 0.3 is 5.97 Å². The number of thioether (sulfide) groups is 1. The summed E-state index contributed by atoms with van der Waals surface area (Å²) in [4.78, 5) is 33.6. The molecule has 128 valence electrons. The van der Waals surface area contributed by atoms with Gasteiger partial charge in [-0.25, -0.2) is 9.78 Å². The molecular formula is C18H16N2O3S2. The number of methoxy groups -OCH3 is 1. The van der Waals surface area contributed by atoms with E-state index in [2.05, 4.69) is 9.97 Å². The van der Waals surface area contributed by atoms with Gasteiger partial charge in [0.05, 0.1) is 18.1 Å². The molecule has 0 atom stereocenters. The van der Waals surface area contributed by atoms with Crippen molar-refractivity contribution in [2.45, 2.75) is 30.2 Å². The number of carbonyl (C=O) groups is 1. The molecule has 0 spiro atoms. The Bertz CT molecular complexity index is 1010. The Kier molecular flexibility index (Phi) is 4.35. The van der Waals surface area contributed by atoms with Gasteiger partial charge in [0.25, 0.3) is 5.56 Å². The first-order valence-corrected chi connectivity index (χ1v) is 9.80. The predicted molar refractivity (Wildman–Crippen MR) is 99.6 cm³/mol. The lowest BCUT2D eigenvalue weighted by atomic mass is 10.1. The fraction of sp³-hybridized carbons (Fsp3) is 0.278. The van der Waals surface area contributed by atoms with Crippen molar-refractivity contribution in [2.75, 3.05) is 7.11 Å². The summed E-state index contributed by atoms with van der Waals surface area (Å²) in [5.41, 5.74) is 2.74. The molecule has 3 aromatic rings. The van der Waals surface area contributed by atoms with Crippen LogP contribution in [0.2, 0.25) is 0 Å². The minimum Gasteiger partial charge on any atom is -0.465 e. The van der Waals surface area contributed by atoms with Crippen LogP contribution in [-0.4, -0.2) is 23.0 Å². The number of H-pyrrole nitrogens is 1. The van der Waals surface area contributed by atoms with Crippen LogP contribution in [0.5, 0.6) is 0 Å². The molecule has 0 aliphatic heterocycles. The Morgan fingerprint density at radius 3 is 2.88 bits per heavy atom. The van der Waals surface area contributed by atoms with E-state index < -0.39 is 0 Å². The van der Waals surface area contributed by atoms with Crippen molar-refractivity contribution in [1.82, 2.24) is 9.97 Å². The quantitative estimate of drug-likeness (QED) is 0.431. The Balaban J connectivity index is 1.53. The highest BCUT2D eigenvalue weighted by molar-refractivity contribution is 7.98. The third-order valence-electron chi connectivity index (χ3n) is 4.30. The molecule has 0 bridgehead atoms. The Morgan fingerprint density at radius 1 is 1.32 bits per heavy atom. The highest BCUT2D eigenvalue weighted by Crippen LogP contribution is 2.35. The second kappa shape index (κ2) is 6.65. The van der Waals surface area contributed by atoms with Gasteiger partial charge in [0.2, 0.25) is 0 Å². The predicted octanol–water partition coefficient (Wildman–Crippen LogP) is 3.55. The number of rotatable bonds is 4. The molecule has 0 radical (unpaired) electrons. The van der Waals surface area contributed by atoms with Crippen molar-refractivity contribution in [1.29, 1.82) is 0 Å². The minimum absolute atomic E-state index is 0.0343. The lowest BCUT2D eigenvalue weighted by Crippen LogP contribution is -2.09. The molecule has 0 amide bonds. The molecule has 4 rings (SSSR count). The van der Waals surface area contributed by atoms with Gasteiger partial charge in [0.1, 0.15) is 4.83 Å². The number of nitrogens with zero attached hydrogens (tertiary/aromatic N) is 1. The second-order valence-corrected chi connectivity index (χ2v) is 7.93. The smallest absolute Gasteiger partial charge is 0.337 e. The highest BCUT2D eigenvalue weighted by Gasteiger charge is 2.21. The number of benzene rings is 1. The first-order chi connectivity index (χ1) is 12.2. The molecule has 1 aromatic carbocycles. The van der Waals surface area contributed by atoms with Crippen molar-refractivity contribution >= 4 is 39.3 Å². The maximum absolute atomic E-state index is 12.4. The summed E-state index contributed by atoms with van der Waals surface area (Å²) in [5.74, 6) is 0.322. The molecule has 0 saturated carbocycles. The number of aromatic amines is 1. The Labute approximate surface area is 152 Å². The molecule has 25 heavy (non-hydrogen) atoms. The molecule has 1 N–H and O–H groups in total. The van der Waals surface area contributed by atoms with Crippen LogP contribution in [-0.2, 0) is 23.3 Å². The maximum atomic E-state index is 12.4. The van der Waals surface area contributed by atoms with Crippen LogP contribution in [0.3, 0.4) is 0 Å². The van der Waals surface area contributed by atoms with E-state index in [1.165, 1.54) is 29.3 Å². The Hall–Kier alpha value is -2.12. The van der Waals surface area contributed by atoms with Crippen LogP contribution in [0.4, 0.5) is 0 Å². The third-order valence-corrected chi connectivity index (χ3v) is 6.43. The molecule has 5 nitrogen and oxygen atoms in total. The van der Waals surface area contributed by atoms with Gasteiger partial charge in [-0.15, -0.1) is 11.3 Å². The normalized spacial score (nSPS) is 13.2. The lowest BCUT2D eigenvalue weighted by Gasteiger charge is -2.03. The Morgan fingerprint density at radius 2 is 2.12 bits per heavy atom. The molecule has 1 aliphatic carbocycles. The molecule has 2 aromatic heterocycles. The van der Waals surface area contributed by atoms with Crippen molar-refractivity contribution in [2.24, 2.45) is 0 Å². The van der Waals surface area contributed by atoms with Gasteiger partial charge in [-0.2, -0.15) is 0 Å². The zero-order valence-electron chi connectivity index (χ0n) is 13.6. The zero-order chi connectivity index (χ0) is 17.4. The summed E-state index contributed by atoms with van der Waals surface area (Å²) in [6.45, 7) is 0. The van der Waals surface area contributed by atoms with Crippen molar-refractivity contribution in [3.8, 4) is 0 Å². The van der Waals surface area contributed by atoms with E-state index in [0.717, 1.165) is 35.0 Å². The second-order valence-electron chi connectivity index (χ2n) is 5.89. The fourth-order valence-corrected chi connectivity index (χ4v) is 5.19. The fourth-order valence-electron chi connectivity index (χ4n) is 3.06. The van der Waals surface area contributed by atoms with Crippen molar-refractivity contribution in [3.05, 3.63) is 56.2 Å². The average molecular weight is 372 g/mol. The number of thiophene rings is 1. The molecule has 2 heterocycles. The molecule has 1 aliphatic rings. The van der Waals surface area contributed by atoms with Gasteiger partial charge < -0.3 is 9.72 Å². The number of fused-ring (bicyclic) bond motifs is 3. The molecular weight excluding hydrogens is 356 g/mol. The highest BCUT2D eigenvalue weighted by atomic mass is 32.2. The summed E-state index contributed by atoms with van der Waals surface area (Å²) in [7, 11) is 1.37. The first kappa shape index (κ1) is 16.4. The number of aromatic nitrogens is 2. The van der Waals surface area contributed by atoms with Gasteiger partial charge in [-0.3, -0.25) is 4.79 Å². The summed E-state index contributed by atoms with van der Waals surface area (Å²) in [6.07, 6.45) is 3.18. The van der Waals surface area contributed by atoms with E-state index in [0.29, 0.717) is 16.5 Å². The number of esters is 1. The number of aryl methyl sites for hydroxylation is 2. The summed E-state index contributed by atoms with van der Waals surface area (Å²) in [6, 6.07) is 7.25. The van der Waals surface area contributed by atoms with Gasteiger partial charge in [0, 0.05) is 10.6 Å². The van der Waals surface area contributed by atoms with Gasteiger partial charge in [-0.05, 0) is 42.5 Å². The van der Waals surface area contributed by atoms with E-state index in [4.69, 9.17) is 4.74 Å². The van der Waals surface area contributed by atoms with Gasteiger partial charge in [-0.1, -0.05) is 23.9 Å². The topological polar surface area (TPSA) is 72.0 Å². The monoisotopic (exact) mass is 372 g/mol. The first-order valence-electron chi connectivity index (χ1n) is 8.00. The number of nitrogens with one attached hydrogen (secondary N) is 1. The SMILES string of the molecule is COC(=O)c1ccc(CSc2nc3sc4c(c3c(=O)[nH]2)CCC4)cc1. The summed E-state index contributed by atoms with van der Waals surface area (Å²) >= 11 is 3.14. The zero-order valence-corrected chi connectivity index (χ0v) is 15.3. The summed E-state index contributed by atoms with van der Waals surface area (Å²) in [5, 5.41) is 1.42. The van der Waals surface area contributed by atoms with Crippen LogP contribution >= 0.6 is 23.1 Å². The van der Waals surface area contributed by atoms with E-state index >= 15 is 0 Å². The third kappa shape index (κ3) is 3.09. The lowest BCUT2D eigenvalue weighted by molar-refractivity contribution is 0.0600.